The normalized spacial score (nSPS) is 15.2. The first kappa shape index (κ1) is 27.2. The highest BCUT2D eigenvalue weighted by Gasteiger charge is 2.23. The lowest BCUT2D eigenvalue weighted by Crippen LogP contribution is -2.32. The van der Waals surface area contributed by atoms with Gasteiger partial charge >= 0.3 is 0 Å². The second-order valence-corrected chi connectivity index (χ2v) is 7.59. The van der Waals surface area contributed by atoms with E-state index in [0.717, 1.165) is 56.8 Å². The quantitative estimate of drug-likeness (QED) is 0.369. The number of nitrogens with zero attached hydrogens (tertiary/aromatic N) is 4. The molecular weight excluding hydrogens is 463 g/mol. The summed E-state index contributed by atoms with van der Waals surface area (Å²) in [7, 11) is 0. The summed E-state index contributed by atoms with van der Waals surface area (Å²) in [5, 5.41) is 17.9. The zero-order valence-electron chi connectivity index (χ0n) is 17.6. The third-order valence-corrected chi connectivity index (χ3v) is 5.28. The van der Waals surface area contributed by atoms with Gasteiger partial charge in [0.2, 0.25) is 5.95 Å². The summed E-state index contributed by atoms with van der Waals surface area (Å²) in [4.78, 5) is 22.2. The van der Waals surface area contributed by atoms with Crippen LogP contribution in [-0.4, -0.2) is 40.6 Å². The maximum absolute atomic E-state index is 11.2. The number of nitrogens with one attached hydrogen (secondary N) is 2. The average Bonchev–Trinajstić information content (AvgIpc) is 3.16. The van der Waals surface area contributed by atoms with E-state index in [9.17, 15) is 10.1 Å². The predicted molar refractivity (Wildman–Crippen MR) is 131 cm³/mol. The highest BCUT2D eigenvalue weighted by Crippen LogP contribution is 2.29. The average molecular weight is 492 g/mol. The smallest absolute Gasteiger partial charge is 0.289 e. The summed E-state index contributed by atoms with van der Waals surface area (Å²) in [5.41, 5.74) is 1.36. The molecular formula is C20H29Cl3N6O2. The van der Waals surface area contributed by atoms with Crippen molar-refractivity contribution in [3.63, 3.8) is 0 Å². The van der Waals surface area contributed by atoms with Gasteiger partial charge < -0.3 is 15.5 Å². The number of unbranched alkanes of at least 4 members (excludes halogenated alkanes) is 1. The molecule has 1 aliphatic heterocycles. The topological polar surface area (TPSA) is 96.2 Å². The lowest BCUT2D eigenvalue weighted by Gasteiger charge is -2.19. The molecule has 1 saturated heterocycles. The van der Waals surface area contributed by atoms with Crippen molar-refractivity contribution in [2.75, 3.05) is 29.9 Å². The SMILES string of the molecule is CCCCc1cc(N2CCC(NCC)C2)nc(Nc2ccc(Cl)c([N+](=O)[O-])c2)n1.Cl.Cl. The molecule has 1 aromatic carbocycles. The monoisotopic (exact) mass is 490 g/mol. The Morgan fingerprint density at radius 3 is 2.71 bits per heavy atom. The molecule has 2 heterocycles. The zero-order valence-corrected chi connectivity index (χ0v) is 20.0. The first-order valence-electron chi connectivity index (χ1n) is 10.1. The molecule has 1 fully saturated rings. The molecule has 0 aliphatic carbocycles. The molecule has 1 unspecified atom stereocenters. The van der Waals surface area contributed by atoms with E-state index >= 15 is 0 Å². The number of anilines is 3. The third-order valence-electron chi connectivity index (χ3n) is 4.96. The second kappa shape index (κ2) is 12.9. The first-order valence-corrected chi connectivity index (χ1v) is 10.4. The molecule has 0 radical (unpaired) electrons. The predicted octanol–water partition coefficient (Wildman–Crippen LogP) is 5.16. The highest BCUT2D eigenvalue weighted by atomic mass is 35.5. The van der Waals surface area contributed by atoms with Crippen LogP contribution in [0.25, 0.3) is 0 Å². The van der Waals surface area contributed by atoms with E-state index in [1.807, 2.05) is 0 Å². The first-order chi connectivity index (χ1) is 14.0. The maximum Gasteiger partial charge on any atom is 0.289 e. The molecule has 1 atom stereocenters. The lowest BCUT2D eigenvalue weighted by atomic mass is 10.2. The second-order valence-electron chi connectivity index (χ2n) is 7.18. The van der Waals surface area contributed by atoms with Crippen LogP contribution < -0.4 is 15.5 Å². The number of benzene rings is 1. The van der Waals surface area contributed by atoms with E-state index < -0.39 is 4.92 Å². The van der Waals surface area contributed by atoms with Crippen molar-refractivity contribution >= 4 is 59.6 Å². The Balaban J connectivity index is 0.00000240. The van der Waals surface area contributed by atoms with Gasteiger partial charge in [0.1, 0.15) is 10.8 Å². The Morgan fingerprint density at radius 1 is 1.26 bits per heavy atom. The molecule has 172 valence electrons. The van der Waals surface area contributed by atoms with Crippen molar-refractivity contribution in [2.24, 2.45) is 0 Å². The molecule has 8 nitrogen and oxygen atoms in total. The van der Waals surface area contributed by atoms with E-state index in [-0.39, 0.29) is 35.5 Å². The van der Waals surface area contributed by atoms with Crippen molar-refractivity contribution in [3.8, 4) is 0 Å². The molecule has 0 saturated carbocycles. The molecule has 1 aromatic heterocycles. The number of likely N-dealkylation sites (N-methyl/N-ethyl adjacent to an activating group) is 1. The number of hydrogen-bond acceptors (Lipinski definition) is 7. The zero-order chi connectivity index (χ0) is 20.8. The van der Waals surface area contributed by atoms with Crippen LogP contribution in [0.2, 0.25) is 5.02 Å². The molecule has 2 N–H and O–H groups in total. The van der Waals surface area contributed by atoms with E-state index in [4.69, 9.17) is 11.6 Å². The standard InChI is InChI=1S/C20H27ClN6O2.2ClH/c1-3-5-6-14-12-19(26-10-9-16(13-26)22-4-2)25-20(23-14)24-15-7-8-17(21)18(11-15)27(28)29;;/h7-8,11-12,16,22H,3-6,9-10,13H2,1-2H3,(H,23,24,25);2*1H. The summed E-state index contributed by atoms with van der Waals surface area (Å²) in [6.07, 6.45) is 4.07. The van der Waals surface area contributed by atoms with Gasteiger partial charge in [0, 0.05) is 42.6 Å². The molecule has 31 heavy (non-hydrogen) atoms. The lowest BCUT2D eigenvalue weighted by molar-refractivity contribution is -0.384. The van der Waals surface area contributed by atoms with Gasteiger partial charge in [0.15, 0.2) is 0 Å². The van der Waals surface area contributed by atoms with E-state index in [2.05, 4.69) is 45.4 Å². The fourth-order valence-corrected chi connectivity index (χ4v) is 3.66. The Morgan fingerprint density at radius 2 is 2.03 bits per heavy atom. The number of nitro benzene ring substituents is 1. The van der Waals surface area contributed by atoms with Crippen molar-refractivity contribution in [3.05, 3.63) is 45.1 Å². The van der Waals surface area contributed by atoms with E-state index in [1.54, 1.807) is 6.07 Å². The summed E-state index contributed by atoms with van der Waals surface area (Å²) in [6, 6.07) is 7.12. The summed E-state index contributed by atoms with van der Waals surface area (Å²) in [5.74, 6) is 1.33. The van der Waals surface area contributed by atoms with Crippen LogP contribution in [0.15, 0.2) is 24.3 Å². The molecule has 2 aromatic rings. The van der Waals surface area contributed by atoms with Crippen LogP contribution in [0.3, 0.4) is 0 Å². The largest absolute Gasteiger partial charge is 0.355 e. The van der Waals surface area contributed by atoms with Crippen LogP contribution in [0.5, 0.6) is 0 Å². The Hall–Kier alpha value is -1.87. The number of halogens is 3. The van der Waals surface area contributed by atoms with Crippen LogP contribution in [0.4, 0.5) is 23.1 Å². The molecule has 0 spiro atoms. The van der Waals surface area contributed by atoms with Crippen LogP contribution >= 0.6 is 36.4 Å². The van der Waals surface area contributed by atoms with Crippen molar-refractivity contribution in [2.45, 2.75) is 45.6 Å². The van der Waals surface area contributed by atoms with Gasteiger partial charge in [-0.25, -0.2) is 4.98 Å². The van der Waals surface area contributed by atoms with Crippen LogP contribution in [0, 0.1) is 10.1 Å². The molecule has 0 amide bonds. The Bertz CT molecular complexity index is 871. The number of aryl methyl sites for hydroxylation is 1. The maximum atomic E-state index is 11.2. The summed E-state index contributed by atoms with van der Waals surface area (Å²) in [6.45, 7) is 7.06. The van der Waals surface area contributed by atoms with Gasteiger partial charge in [0.05, 0.1) is 4.92 Å². The fourth-order valence-electron chi connectivity index (χ4n) is 3.47. The number of aromatic nitrogens is 2. The molecule has 0 bridgehead atoms. The molecule has 11 heteroatoms. The minimum Gasteiger partial charge on any atom is -0.355 e. The van der Waals surface area contributed by atoms with Gasteiger partial charge in [0.25, 0.3) is 5.69 Å². The summed E-state index contributed by atoms with van der Waals surface area (Å²) < 4.78 is 0. The van der Waals surface area contributed by atoms with Gasteiger partial charge in [-0.1, -0.05) is 31.9 Å². The van der Waals surface area contributed by atoms with Crippen molar-refractivity contribution in [1.29, 1.82) is 0 Å². The van der Waals surface area contributed by atoms with E-state index in [1.165, 1.54) is 12.1 Å². The van der Waals surface area contributed by atoms with Crippen LogP contribution in [0.1, 0.15) is 38.8 Å². The number of hydrogen-bond donors (Lipinski definition) is 2. The molecule has 3 rings (SSSR count). The van der Waals surface area contributed by atoms with Crippen LogP contribution in [-0.2, 0) is 6.42 Å². The van der Waals surface area contributed by atoms with E-state index in [0.29, 0.717) is 17.7 Å². The van der Waals surface area contributed by atoms with Gasteiger partial charge in [-0.3, -0.25) is 10.1 Å². The minimum atomic E-state index is -0.497. The van der Waals surface area contributed by atoms with Gasteiger partial charge in [-0.05, 0) is 37.9 Å². The minimum absolute atomic E-state index is 0. The van der Waals surface area contributed by atoms with Crippen molar-refractivity contribution in [1.82, 2.24) is 15.3 Å². The van der Waals surface area contributed by atoms with Gasteiger partial charge in [-0.15, -0.1) is 24.8 Å². The molecule has 1 aliphatic rings. The fraction of sp³-hybridized carbons (Fsp3) is 0.500. The highest BCUT2D eigenvalue weighted by molar-refractivity contribution is 6.32. The Kier molecular flexibility index (Phi) is 11.3. The summed E-state index contributed by atoms with van der Waals surface area (Å²) >= 11 is 5.91. The number of nitro groups is 1. The Labute approximate surface area is 200 Å². The van der Waals surface area contributed by atoms with Crippen molar-refractivity contribution < 1.29 is 4.92 Å². The number of rotatable bonds is 9. The van der Waals surface area contributed by atoms with Gasteiger partial charge in [-0.2, -0.15) is 4.98 Å². The third kappa shape index (κ3) is 7.35.